The molecule has 0 aromatic carbocycles. The van der Waals surface area contributed by atoms with Crippen molar-refractivity contribution in [2.75, 3.05) is 0 Å². The Labute approximate surface area is 98.4 Å². The molecule has 0 amide bonds. The maximum Gasteiger partial charge on any atom is 0.117 e. The van der Waals surface area contributed by atoms with E-state index in [1.54, 1.807) is 0 Å². The predicted molar refractivity (Wildman–Crippen MR) is 66.3 cm³/mol. The first kappa shape index (κ1) is 11.7. The first-order valence-electron chi connectivity index (χ1n) is 6.53. The molecule has 2 atom stereocenters. The Balaban J connectivity index is 1.77. The third kappa shape index (κ3) is 3.38. The topological polar surface area (TPSA) is 25.2 Å². The zero-order valence-electron chi connectivity index (χ0n) is 10.5. The highest BCUT2D eigenvalue weighted by Crippen LogP contribution is 2.22. The molecular weight excluding hydrogens is 198 g/mol. The van der Waals surface area contributed by atoms with Gasteiger partial charge in [-0.05, 0) is 44.2 Å². The van der Waals surface area contributed by atoms with Crippen molar-refractivity contribution in [1.29, 1.82) is 0 Å². The van der Waals surface area contributed by atoms with E-state index in [4.69, 9.17) is 4.42 Å². The molecule has 0 saturated heterocycles. The molecule has 1 aromatic rings. The summed E-state index contributed by atoms with van der Waals surface area (Å²) in [6, 6.07) is 4.80. The molecule has 1 heterocycles. The molecule has 1 fully saturated rings. The van der Waals surface area contributed by atoms with Crippen molar-refractivity contribution in [2.24, 2.45) is 5.92 Å². The quantitative estimate of drug-likeness (QED) is 0.788. The van der Waals surface area contributed by atoms with Crippen molar-refractivity contribution < 1.29 is 4.42 Å². The minimum Gasteiger partial charge on any atom is -0.465 e. The summed E-state index contributed by atoms with van der Waals surface area (Å²) in [7, 11) is 0. The van der Waals surface area contributed by atoms with Crippen LogP contribution in [0.2, 0.25) is 0 Å². The van der Waals surface area contributed by atoms with Gasteiger partial charge in [-0.3, -0.25) is 0 Å². The van der Waals surface area contributed by atoms with Gasteiger partial charge in [-0.2, -0.15) is 0 Å². The molecular formula is C14H23NO. The summed E-state index contributed by atoms with van der Waals surface area (Å²) in [5.41, 5.74) is 0. The lowest BCUT2D eigenvalue weighted by atomic mass is 10.0. The molecule has 16 heavy (non-hydrogen) atoms. The molecule has 2 rings (SSSR count). The normalized spacial score (nSPS) is 26.6. The Bertz CT molecular complexity index is 318. The Morgan fingerprint density at radius 2 is 2.12 bits per heavy atom. The van der Waals surface area contributed by atoms with E-state index in [1.807, 2.05) is 13.0 Å². The van der Waals surface area contributed by atoms with E-state index in [0.29, 0.717) is 6.04 Å². The fourth-order valence-electron chi connectivity index (χ4n) is 2.52. The lowest BCUT2D eigenvalue weighted by Gasteiger charge is -2.15. The molecule has 0 radical (unpaired) electrons. The van der Waals surface area contributed by atoms with Crippen LogP contribution in [-0.4, -0.2) is 6.04 Å². The van der Waals surface area contributed by atoms with Crippen LogP contribution in [0.3, 0.4) is 0 Å². The molecule has 1 aromatic heterocycles. The maximum absolute atomic E-state index is 5.56. The lowest BCUT2D eigenvalue weighted by Crippen LogP contribution is -2.27. The van der Waals surface area contributed by atoms with E-state index >= 15 is 0 Å². The number of rotatable bonds is 3. The third-order valence-corrected chi connectivity index (χ3v) is 3.62. The molecule has 1 saturated carbocycles. The van der Waals surface area contributed by atoms with Crippen LogP contribution in [0.1, 0.15) is 50.5 Å². The smallest absolute Gasteiger partial charge is 0.117 e. The molecule has 0 bridgehead atoms. The summed E-state index contributed by atoms with van der Waals surface area (Å²) in [5, 5.41) is 3.62. The van der Waals surface area contributed by atoms with Crippen LogP contribution < -0.4 is 5.32 Å². The number of hydrogen-bond acceptors (Lipinski definition) is 2. The second-order valence-corrected chi connectivity index (χ2v) is 5.20. The highest BCUT2D eigenvalue weighted by Gasteiger charge is 2.15. The summed E-state index contributed by atoms with van der Waals surface area (Å²) in [4.78, 5) is 0. The van der Waals surface area contributed by atoms with Crippen molar-refractivity contribution in [3.63, 3.8) is 0 Å². The molecule has 90 valence electrons. The first-order valence-corrected chi connectivity index (χ1v) is 6.53. The Hall–Kier alpha value is -0.760. The van der Waals surface area contributed by atoms with Crippen LogP contribution in [0.4, 0.5) is 0 Å². The van der Waals surface area contributed by atoms with Gasteiger partial charge in [-0.25, -0.2) is 0 Å². The standard InChI is InChI=1S/C14H23NO/c1-11-4-3-5-13(8-6-11)15-10-14-9-7-12(2)16-14/h7,9,11,13,15H,3-6,8,10H2,1-2H3. The zero-order chi connectivity index (χ0) is 11.4. The van der Waals surface area contributed by atoms with Crippen molar-refractivity contribution in [3.8, 4) is 0 Å². The third-order valence-electron chi connectivity index (χ3n) is 3.62. The van der Waals surface area contributed by atoms with Gasteiger partial charge in [0.15, 0.2) is 0 Å². The predicted octanol–water partition coefficient (Wildman–Crippen LogP) is 3.65. The fraction of sp³-hybridized carbons (Fsp3) is 0.714. The average molecular weight is 221 g/mol. The molecule has 0 spiro atoms. The van der Waals surface area contributed by atoms with Crippen molar-refractivity contribution in [3.05, 3.63) is 23.7 Å². The van der Waals surface area contributed by atoms with Crippen LogP contribution in [0, 0.1) is 12.8 Å². The van der Waals surface area contributed by atoms with Gasteiger partial charge in [0.25, 0.3) is 0 Å². The summed E-state index contributed by atoms with van der Waals surface area (Å²) >= 11 is 0. The molecule has 1 aliphatic carbocycles. The van der Waals surface area contributed by atoms with Crippen LogP contribution in [0.25, 0.3) is 0 Å². The Kier molecular flexibility index (Phi) is 4.05. The van der Waals surface area contributed by atoms with Gasteiger partial charge >= 0.3 is 0 Å². The van der Waals surface area contributed by atoms with Crippen molar-refractivity contribution in [1.82, 2.24) is 5.32 Å². The van der Waals surface area contributed by atoms with E-state index in [0.717, 1.165) is 24.0 Å². The maximum atomic E-state index is 5.56. The second kappa shape index (κ2) is 5.53. The van der Waals surface area contributed by atoms with Crippen LogP contribution in [0.15, 0.2) is 16.5 Å². The minimum atomic E-state index is 0.690. The van der Waals surface area contributed by atoms with E-state index in [-0.39, 0.29) is 0 Å². The largest absolute Gasteiger partial charge is 0.465 e. The number of aryl methyl sites for hydroxylation is 1. The van der Waals surface area contributed by atoms with Crippen LogP contribution >= 0.6 is 0 Å². The van der Waals surface area contributed by atoms with Gasteiger partial charge in [0, 0.05) is 6.04 Å². The molecule has 2 nitrogen and oxygen atoms in total. The van der Waals surface area contributed by atoms with Crippen molar-refractivity contribution >= 4 is 0 Å². The number of nitrogens with one attached hydrogen (secondary N) is 1. The van der Waals surface area contributed by atoms with Crippen LogP contribution in [-0.2, 0) is 6.54 Å². The summed E-state index contributed by atoms with van der Waals surface area (Å²) in [6.45, 7) is 5.25. The second-order valence-electron chi connectivity index (χ2n) is 5.20. The molecule has 1 aliphatic rings. The van der Waals surface area contributed by atoms with Gasteiger partial charge in [-0.15, -0.1) is 0 Å². The number of furan rings is 1. The fourth-order valence-corrected chi connectivity index (χ4v) is 2.52. The van der Waals surface area contributed by atoms with Gasteiger partial charge in [0.05, 0.1) is 6.54 Å². The van der Waals surface area contributed by atoms with Gasteiger partial charge < -0.3 is 9.73 Å². The minimum absolute atomic E-state index is 0.690. The van der Waals surface area contributed by atoms with Gasteiger partial charge in [-0.1, -0.05) is 19.8 Å². The summed E-state index contributed by atoms with van der Waals surface area (Å²) in [6.07, 6.45) is 6.79. The number of hydrogen-bond donors (Lipinski definition) is 1. The van der Waals surface area contributed by atoms with E-state index in [1.165, 1.54) is 32.1 Å². The Morgan fingerprint density at radius 1 is 1.25 bits per heavy atom. The molecule has 2 heteroatoms. The molecule has 1 N–H and O–H groups in total. The lowest BCUT2D eigenvalue weighted by molar-refractivity contribution is 0.405. The van der Waals surface area contributed by atoms with Gasteiger partial charge in [0.1, 0.15) is 11.5 Å². The molecule has 2 unspecified atom stereocenters. The zero-order valence-corrected chi connectivity index (χ0v) is 10.5. The van der Waals surface area contributed by atoms with E-state index < -0.39 is 0 Å². The summed E-state index contributed by atoms with van der Waals surface area (Å²) < 4.78 is 5.56. The monoisotopic (exact) mass is 221 g/mol. The SMILES string of the molecule is Cc1ccc(CNC2CCCC(C)CC2)o1. The van der Waals surface area contributed by atoms with Crippen molar-refractivity contribution in [2.45, 2.75) is 58.5 Å². The van der Waals surface area contributed by atoms with Crippen LogP contribution in [0.5, 0.6) is 0 Å². The van der Waals surface area contributed by atoms with E-state index in [9.17, 15) is 0 Å². The summed E-state index contributed by atoms with van der Waals surface area (Å²) in [5.74, 6) is 2.98. The first-order chi connectivity index (χ1) is 7.74. The van der Waals surface area contributed by atoms with E-state index in [2.05, 4.69) is 18.3 Å². The highest BCUT2D eigenvalue weighted by molar-refractivity contribution is 5.05. The Morgan fingerprint density at radius 3 is 2.88 bits per heavy atom. The highest BCUT2D eigenvalue weighted by atomic mass is 16.3. The average Bonchev–Trinajstić information content (AvgIpc) is 2.56. The van der Waals surface area contributed by atoms with Gasteiger partial charge in [0.2, 0.25) is 0 Å². The molecule has 0 aliphatic heterocycles.